The van der Waals surface area contributed by atoms with E-state index in [2.05, 4.69) is 0 Å². The maximum atomic E-state index is 12.8. The van der Waals surface area contributed by atoms with Gasteiger partial charge in [-0.2, -0.15) is 0 Å². The lowest BCUT2D eigenvalue weighted by Crippen LogP contribution is -2.46. The Morgan fingerprint density at radius 2 is 0.845 bits per heavy atom. The molecule has 0 aromatic heterocycles. The fourth-order valence-electron chi connectivity index (χ4n) is 6.53. The summed E-state index contributed by atoms with van der Waals surface area (Å²) in [6.45, 7) is 15.2. The van der Waals surface area contributed by atoms with Crippen molar-refractivity contribution in [1.29, 1.82) is 0 Å². The molecule has 320 valence electrons. The van der Waals surface area contributed by atoms with Gasteiger partial charge in [-0.15, -0.1) is 0 Å². The van der Waals surface area contributed by atoms with E-state index in [0.717, 1.165) is 51.2 Å². The summed E-state index contributed by atoms with van der Waals surface area (Å²) in [6.07, 6.45) is 7.69. The lowest BCUT2D eigenvalue weighted by Gasteiger charge is -2.35. The zero-order valence-corrected chi connectivity index (χ0v) is 34.6. The highest BCUT2D eigenvalue weighted by Crippen LogP contribution is 2.30. The lowest BCUT2D eigenvalue weighted by atomic mass is 9.85. The van der Waals surface area contributed by atoms with Crippen molar-refractivity contribution in [3.8, 4) is 0 Å². The summed E-state index contributed by atoms with van der Waals surface area (Å²) in [6, 6.07) is -3.34. The number of imide groups is 3. The molecule has 18 nitrogen and oxygen atoms in total. The normalized spacial score (nSPS) is 18.1. The Hall–Kier alpha value is -5.07. The van der Waals surface area contributed by atoms with Crippen LogP contribution in [0.4, 0.5) is 0 Å². The van der Waals surface area contributed by atoms with E-state index in [-0.39, 0.29) is 52.0 Å². The van der Waals surface area contributed by atoms with Crippen LogP contribution in [0.2, 0.25) is 0 Å². The summed E-state index contributed by atoms with van der Waals surface area (Å²) in [5.74, 6) is -6.05. The first kappa shape index (κ1) is 47.3. The quantitative estimate of drug-likeness (QED) is 0.0586. The molecule has 0 aliphatic carbocycles. The number of hydrogen-bond donors (Lipinski definition) is 0. The minimum atomic E-state index is -1.11. The highest BCUT2D eigenvalue weighted by Gasteiger charge is 2.38. The Balaban J connectivity index is 1.55. The molecule has 0 aromatic rings. The van der Waals surface area contributed by atoms with E-state index in [1.807, 2.05) is 27.7 Å². The van der Waals surface area contributed by atoms with Crippen LogP contribution in [-0.2, 0) is 71.6 Å². The monoisotopic (exact) mass is 817 g/mol. The molecule has 4 unspecified atom stereocenters. The second kappa shape index (κ2) is 20.1. The van der Waals surface area contributed by atoms with Crippen molar-refractivity contribution in [3.63, 3.8) is 0 Å². The average Bonchev–Trinajstić information content (AvgIpc) is 3.77. The molecule has 3 rings (SSSR count). The van der Waals surface area contributed by atoms with Crippen LogP contribution in [0.3, 0.4) is 0 Å². The van der Waals surface area contributed by atoms with Crippen LogP contribution >= 0.6 is 0 Å². The van der Waals surface area contributed by atoms with Gasteiger partial charge in [-0.3, -0.25) is 43.5 Å². The van der Waals surface area contributed by atoms with Crippen molar-refractivity contribution in [2.24, 2.45) is 5.92 Å². The molecule has 0 saturated heterocycles. The highest BCUT2D eigenvalue weighted by atomic mass is 16.6. The molecular formula is C40H55N3O15. The Labute approximate surface area is 337 Å². The molecule has 58 heavy (non-hydrogen) atoms. The summed E-state index contributed by atoms with van der Waals surface area (Å²) in [7, 11) is 0. The molecule has 0 N–H and O–H groups in total. The van der Waals surface area contributed by atoms with E-state index in [1.165, 1.54) is 20.8 Å². The Bertz CT molecular complexity index is 1660. The van der Waals surface area contributed by atoms with Gasteiger partial charge in [0.1, 0.15) is 36.9 Å². The molecule has 0 bridgehead atoms. The first-order chi connectivity index (χ1) is 26.9. The van der Waals surface area contributed by atoms with Crippen LogP contribution in [-0.4, -0.2) is 143 Å². The average molecular weight is 818 g/mol. The van der Waals surface area contributed by atoms with Gasteiger partial charge < -0.3 is 28.4 Å². The van der Waals surface area contributed by atoms with Crippen LogP contribution in [0, 0.1) is 5.92 Å². The fourth-order valence-corrected chi connectivity index (χ4v) is 6.53. The van der Waals surface area contributed by atoms with Gasteiger partial charge in [0.15, 0.2) is 0 Å². The van der Waals surface area contributed by atoms with E-state index in [0.29, 0.717) is 12.8 Å². The molecule has 3 aliphatic heterocycles. The Morgan fingerprint density at radius 3 is 1.24 bits per heavy atom. The van der Waals surface area contributed by atoms with Crippen LogP contribution in [0.15, 0.2) is 36.5 Å². The zero-order valence-electron chi connectivity index (χ0n) is 34.6. The van der Waals surface area contributed by atoms with Gasteiger partial charge in [-0.25, -0.2) is 14.4 Å². The molecule has 0 radical (unpaired) electrons. The summed E-state index contributed by atoms with van der Waals surface area (Å²) >= 11 is 0. The van der Waals surface area contributed by atoms with E-state index in [9.17, 15) is 43.2 Å². The maximum Gasteiger partial charge on any atom is 0.329 e. The maximum absolute atomic E-state index is 12.8. The molecule has 3 heterocycles. The third kappa shape index (κ3) is 13.5. The fraction of sp³-hybridized carbons (Fsp3) is 0.625. The number of carbonyl (C=O) groups is 9. The van der Waals surface area contributed by atoms with Gasteiger partial charge in [0, 0.05) is 49.5 Å². The SMILES string of the molecule is CC(C(=O)OCCOCC(CC(C)(C)OCCOC(=O)C(C)N1C(=O)C=CC1=O)CC(C)(C)OCCC(C)(C)OC(=O)C(C)N1C(=O)C=CC1=O)N1C(=O)C=CC1=O. The second-order valence-electron chi connectivity index (χ2n) is 16.0. The molecular weight excluding hydrogens is 762 g/mol. The predicted octanol–water partition coefficient (Wildman–Crippen LogP) is 1.73. The topological polar surface area (TPSA) is 219 Å². The van der Waals surface area contributed by atoms with Crippen molar-refractivity contribution in [3.05, 3.63) is 36.5 Å². The Morgan fingerprint density at radius 1 is 0.500 bits per heavy atom. The summed E-state index contributed by atoms with van der Waals surface area (Å²) in [5.41, 5.74) is -2.52. The van der Waals surface area contributed by atoms with Gasteiger partial charge in [0.25, 0.3) is 35.4 Å². The van der Waals surface area contributed by atoms with E-state index < -0.39 is 88.3 Å². The Kier molecular flexibility index (Phi) is 16.4. The summed E-state index contributed by atoms with van der Waals surface area (Å²) in [5, 5.41) is 0. The number of amides is 6. The molecule has 4 atom stereocenters. The van der Waals surface area contributed by atoms with Gasteiger partial charge in [-0.1, -0.05) is 0 Å². The minimum absolute atomic E-state index is 0.00597. The van der Waals surface area contributed by atoms with Gasteiger partial charge >= 0.3 is 17.9 Å². The molecule has 6 amide bonds. The minimum Gasteiger partial charge on any atom is -0.462 e. The van der Waals surface area contributed by atoms with Crippen LogP contribution < -0.4 is 0 Å². The largest absolute Gasteiger partial charge is 0.462 e. The smallest absolute Gasteiger partial charge is 0.329 e. The second-order valence-corrected chi connectivity index (χ2v) is 16.0. The van der Waals surface area contributed by atoms with Crippen molar-refractivity contribution >= 4 is 53.4 Å². The van der Waals surface area contributed by atoms with Crippen LogP contribution in [0.1, 0.15) is 81.6 Å². The first-order valence-corrected chi connectivity index (χ1v) is 19.0. The zero-order chi connectivity index (χ0) is 43.6. The third-order valence-corrected chi connectivity index (χ3v) is 9.50. The number of esters is 3. The van der Waals surface area contributed by atoms with E-state index in [1.54, 1.807) is 13.8 Å². The summed E-state index contributed by atoms with van der Waals surface area (Å²) in [4.78, 5) is 112. The number of rotatable bonds is 24. The molecule has 0 saturated carbocycles. The predicted molar refractivity (Wildman–Crippen MR) is 202 cm³/mol. The van der Waals surface area contributed by atoms with E-state index >= 15 is 0 Å². The molecule has 18 heteroatoms. The number of nitrogens with zero attached hydrogens (tertiary/aromatic N) is 3. The first-order valence-electron chi connectivity index (χ1n) is 19.0. The van der Waals surface area contributed by atoms with E-state index in [4.69, 9.17) is 28.4 Å². The van der Waals surface area contributed by atoms with Gasteiger partial charge in [-0.05, 0) is 81.1 Å². The van der Waals surface area contributed by atoms with Gasteiger partial charge in [0.05, 0.1) is 31.0 Å². The molecule has 0 aromatic carbocycles. The van der Waals surface area contributed by atoms with Crippen molar-refractivity contribution < 1.29 is 71.6 Å². The summed E-state index contributed by atoms with van der Waals surface area (Å²) < 4.78 is 34.5. The van der Waals surface area contributed by atoms with Crippen molar-refractivity contribution in [2.75, 3.05) is 39.6 Å². The standard InChI is InChI=1S/C40H55N3O15/c1-25(41-29(44)10-11-30(41)45)35(50)54-19-18-53-24-28(23-40(8,9)57-21-20-55-36(51)26(2)42-31(46)12-13-32(42)47)22-39(6,7)56-17-16-38(4,5)58-37(52)27(3)43-33(48)14-15-34(43)49/h10-15,25-28H,16-24H2,1-9H3. The number of hydrogen-bond acceptors (Lipinski definition) is 15. The number of ether oxygens (including phenoxy) is 6. The van der Waals surface area contributed by atoms with Gasteiger partial charge in [0.2, 0.25) is 0 Å². The van der Waals surface area contributed by atoms with Crippen LogP contribution in [0.25, 0.3) is 0 Å². The molecule has 0 fully saturated rings. The lowest BCUT2D eigenvalue weighted by molar-refractivity contribution is -0.169. The van der Waals surface area contributed by atoms with Crippen LogP contribution in [0.5, 0.6) is 0 Å². The molecule has 3 aliphatic rings. The van der Waals surface area contributed by atoms with Crippen molar-refractivity contribution in [2.45, 2.75) is 117 Å². The number of carbonyl (C=O) groups excluding carboxylic acids is 9. The third-order valence-electron chi connectivity index (χ3n) is 9.50. The molecule has 0 spiro atoms. The van der Waals surface area contributed by atoms with Crippen molar-refractivity contribution in [1.82, 2.24) is 14.7 Å². The highest BCUT2D eigenvalue weighted by molar-refractivity contribution is 6.16.